The van der Waals surface area contributed by atoms with E-state index >= 15 is 0 Å². The van der Waals surface area contributed by atoms with E-state index in [1.807, 2.05) is 18.2 Å². The third kappa shape index (κ3) is 4.70. The quantitative estimate of drug-likeness (QED) is 0.743. The van der Waals surface area contributed by atoms with Gasteiger partial charge in [0.15, 0.2) is 0 Å². The predicted molar refractivity (Wildman–Crippen MR) is 112 cm³/mol. The fraction of sp³-hybridized carbons (Fsp3) is 0.417. The number of carbonyl (C=O) groups is 2. The summed E-state index contributed by atoms with van der Waals surface area (Å²) in [6.07, 6.45) is 4.70. The minimum absolute atomic E-state index is 0.0371. The number of carbonyl (C=O) groups excluding carboxylic acids is 2. The average molecular weight is 428 g/mol. The van der Waals surface area contributed by atoms with Crippen molar-refractivity contribution >= 4 is 11.8 Å². The van der Waals surface area contributed by atoms with Gasteiger partial charge in [0, 0.05) is 23.7 Å². The summed E-state index contributed by atoms with van der Waals surface area (Å²) >= 11 is 0. The fourth-order valence-electron chi connectivity index (χ4n) is 4.88. The number of hydrogen-bond donors (Lipinski definition) is 1. The number of alkyl halides is 2. The molecule has 1 aliphatic carbocycles. The van der Waals surface area contributed by atoms with Crippen molar-refractivity contribution < 1.29 is 23.1 Å². The number of hydrogen-bond acceptors (Lipinski definition) is 3. The minimum Gasteiger partial charge on any atom is -0.434 e. The Balaban J connectivity index is 1.51. The molecule has 1 heterocycles. The lowest BCUT2D eigenvalue weighted by Crippen LogP contribution is -2.49. The van der Waals surface area contributed by atoms with Crippen molar-refractivity contribution in [2.24, 2.45) is 5.92 Å². The highest BCUT2D eigenvalue weighted by molar-refractivity contribution is 5.98. The maximum atomic E-state index is 13.3. The highest BCUT2D eigenvalue weighted by Crippen LogP contribution is 2.40. The molecule has 4 rings (SSSR count). The van der Waals surface area contributed by atoms with Gasteiger partial charge < -0.3 is 15.0 Å². The van der Waals surface area contributed by atoms with Gasteiger partial charge in [0.2, 0.25) is 5.91 Å². The van der Waals surface area contributed by atoms with Crippen LogP contribution in [0, 0.1) is 5.92 Å². The molecule has 1 saturated heterocycles. The molecule has 2 fully saturated rings. The number of nitrogens with one attached hydrogen (secondary N) is 1. The normalized spacial score (nSPS) is 22.8. The number of nitrogens with zero attached hydrogens (tertiary/aromatic N) is 1. The van der Waals surface area contributed by atoms with E-state index in [0.717, 1.165) is 25.7 Å². The zero-order valence-electron chi connectivity index (χ0n) is 17.2. The van der Waals surface area contributed by atoms with E-state index in [2.05, 4.69) is 10.1 Å². The van der Waals surface area contributed by atoms with E-state index in [1.54, 1.807) is 35.2 Å². The summed E-state index contributed by atoms with van der Waals surface area (Å²) < 4.78 is 29.9. The van der Waals surface area contributed by atoms with Crippen LogP contribution in [-0.4, -0.2) is 35.4 Å². The van der Waals surface area contributed by atoms with Crippen LogP contribution in [0.1, 0.15) is 48.0 Å². The van der Waals surface area contributed by atoms with Gasteiger partial charge in [-0.3, -0.25) is 9.59 Å². The van der Waals surface area contributed by atoms with Gasteiger partial charge in [0.25, 0.3) is 5.91 Å². The van der Waals surface area contributed by atoms with Gasteiger partial charge in [-0.15, -0.1) is 0 Å². The number of benzene rings is 2. The van der Waals surface area contributed by atoms with Crippen molar-refractivity contribution in [3.63, 3.8) is 0 Å². The molecule has 1 saturated carbocycles. The molecule has 0 radical (unpaired) electrons. The Morgan fingerprint density at radius 2 is 1.74 bits per heavy atom. The van der Waals surface area contributed by atoms with Gasteiger partial charge in [-0.25, -0.2) is 0 Å². The average Bonchev–Trinajstić information content (AvgIpc) is 3.18. The van der Waals surface area contributed by atoms with Crippen LogP contribution in [0.4, 0.5) is 8.78 Å². The highest BCUT2D eigenvalue weighted by atomic mass is 19.3. The van der Waals surface area contributed by atoms with Gasteiger partial charge in [-0.05, 0) is 43.4 Å². The standard InChI is InChI=1S/C24H26F2N2O3/c25-24(26)31-21-13-7-5-11-18(21)15-27-22(29)20-14-17-10-4-6-12-19(17)28(20)23(30)16-8-2-1-3-9-16/h1-3,5,7-9,11,13,17,19-20,24H,4,6,10,12,14-15H2,(H,27,29). The predicted octanol–water partition coefficient (Wildman–Crippen LogP) is 4.38. The molecule has 0 aromatic heterocycles. The molecular weight excluding hydrogens is 402 g/mol. The van der Waals surface area contributed by atoms with Crippen molar-refractivity contribution in [3.05, 3.63) is 65.7 Å². The SMILES string of the molecule is O=C(NCc1ccccc1OC(F)F)C1CC2CCCCC2N1C(=O)c1ccccc1. The molecule has 31 heavy (non-hydrogen) atoms. The lowest BCUT2D eigenvalue weighted by atomic mass is 9.84. The maximum Gasteiger partial charge on any atom is 0.387 e. The lowest BCUT2D eigenvalue weighted by molar-refractivity contribution is -0.125. The van der Waals surface area contributed by atoms with Crippen LogP contribution in [0.25, 0.3) is 0 Å². The number of ether oxygens (including phenoxy) is 1. The zero-order valence-corrected chi connectivity index (χ0v) is 17.2. The monoisotopic (exact) mass is 428 g/mol. The van der Waals surface area contributed by atoms with Crippen LogP contribution in [0.15, 0.2) is 54.6 Å². The summed E-state index contributed by atoms with van der Waals surface area (Å²) in [5, 5.41) is 2.84. The Kier molecular flexibility index (Phi) is 6.49. The highest BCUT2D eigenvalue weighted by Gasteiger charge is 2.47. The van der Waals surface area contributed by atoms with Gasteiger partial charge in [-0.2, -0.15) is 8.78 Å². The molecule has 5 nitrogen and oxygen atoms in total. The molecule has 2 aromatic carbocycles. The first-order chi connectivity index (χ1) is 15.0. The second-order valence-corrected chi connectivity index (χ2v) is 8.15. The van der Waals surface area contributed by atoms with Crippen LogP contribution >= 0.6 is 0 Å². The number of fused-ring (bicyclic) bond motifs is 1. The Morgan fingerprint density at radius 1 is 1.03 bits per heavy atom. The minimum atomic E-state index is -2.94. The molecule has 2 aliphatic rings. The molecular formula is C24H26F2N2O3. The van der Waals surface area contributed by atoms with E-state index in [0.29, 0.717) is 23.5 Å². The Labute approximate surface area is 180 Å². The Bertz CT molecular complexity index is 922. The molecule has 1 aliphatic heterocycles. The number of rotatable bonds is 6. The van der Waals surface area contributed by atoms with Crippen molar-refractivity contribution in [2.75, 3.05) is 0 Å². The van der Waals surface area contributed by atoms with Gasteiger partial charge in [0.1, 0.15) is 11.8 Å². The summed E-state index contributed by atoms with van der Waals surface area (Å²) in [5.41, 5.74) is 1.04. The van der Waals surface area contributed by atoms with Crippen LogP contribution in [-0.2, 0) is 11.3 Å². The summed E-state index contributed by atoms with van der Waals surface area (Å²) in [7, 11) is 0. The third-order valence-corrected chi connectivity index (χ3v) is 6.29. The van der Waals surface area contributed by atoms with E-state index in [-0.39, 0.29) is 30.2 Å². The van der Waals surface area contributed by atoms with Crippen LogP contribution in [0.2, 0.25) is 0 Å². The first kappa shape index (κ1) is 21.3. The summed E-state index contributed by atoms with van der Waals surface area (Å²) in [6.45, 7) is -2.88. The van der Waals surface area contributed by atoms with Gasteiger partial charge >= 0.3 is 6.61 Å². The van der Waals surface area contributed by atoms with Crippen LogP contribution in [0.3, 0.4) is 0 Å². The van der Waals surface area contributed by atoms with Crippen molar-refractivity contribution in [2.45, 2.75) is 57.3 Å². The lowest BCUT2D eigenvalue weighted by Gasteiger charge is -2.33. The molecule has 2 amide bonds. The largest absolute Gasteiger partial charge is 0.434 e. The molecule has 3 unspecified atom stereocenters. The second-order valence-electron chi connectivity index (χ2n) is 8.15. The second kappa shape index (κ2) is 9.45. The first-order valence-corrected chi connectivity index (χ1v) is 10.7. The van der Waals surface area contributed by atoms with Crippen molar-refractivity contribution in [1.29, 1.82) is 0 Å². The molecule has 164 valence electrons. The molecule has 7 heteroatoms. The summed E-state index contributed by atoms with van der Waals surface area (Å²) in [4.78, 5) is 28.2. The zero-order chi connectivity index (χ0) is 21.8. The van der Waals surface area contributed by atoms with Gasteiger partial charge in [0.05, 0.1) is 0 Å². The van der Waals surface area contributed by atoms with Crippen LogP contribution in [0.5, 0.6) is 5.75 Å². The maximum absolute atomic E-state index is 13.3. The van der Waals surface area contributed by atoms with E-state index in [1.165, 1.54) is 6.07 Å². The molecule has 3 atom stereocenters. The topological polar surface area (TPSA) is 58.6 Å². The van der Waals surface area contributed by atoms with E-state index in [4.69, 9.17) is 0 Å². The fourth-order valence-corrected chi connectivity index (χ4v) is 4.88. The Hall–Kier alpha value is -2.96. The van der Waals surface area contributed by atoms with E-state index in [9.17, 15) is 18.4 Å². The molecule has 0 spiro atoms. The number of amides is 2. The molecule has 2 aromatic rings. The van der Waals surface area contributed by atoms with Gasteiger partial charge in [-0.1, -0.05) is 49.2 Å². The summed E-state index contributed by atoms with van der Waals surface area (Å²) in [6, 6.07) is 14.9. The number of halogens is 2. The van der Waals surface area contributed by atoms with Crippen molar-refractivity contribution in [1.82, 2.24) is 10.2 Å². The smallest absolute Gasteiger partial charge is 0.387 e. The van der Waals surface area contributed by atoms with Crippen LogP contribution < -0.4 is 10.1 Å². The van der Waals surface area contributed by atoms with E-state index < -0.39 is 12.7 Å². The Morgan fingerprint density at radius 3 is 2.52 bits per heavy atom. The first-order valence-electron chi connectivity index (χ1n) is 10.7. The molecule has 1 N–H and O–H groups in total. The molecule has 0 bridgehead atoms. The van der Waals surface area contributed by atoms with Crippen molar-refractivity contribution in [3.8, 4) is 5.75 Å². The number of likely N-dealkylation sites (tertiary alicyclic amines) is 1. The summed E-state index contributed by atoms with van der Waals surface area (Å²) in [5.74, 6) is -0.0381. The third-order valence-electron chi connectivity index (χ3n) is 6.29. The number of para-hydroxylation sites is 1.